The van der Waals surface area contributed by atoms with Gasteiger partial charge in [0.05, 0.1) is 31.2 Å². The Kier molecular flexibility index (Phi) is 5.35. The van der Waals surface area contributed by atoms with E-state index in [0.29, 0.717) is 34.9 Å². The number of amides is 2. The van der Waals surface area contributed by atoms with Crippen LogP contribution in [0.25, 0.3) is 0 Å². The van der Waals surface area contributed by atoms with E-state index in [4.69, 9.17) is 9.15 Å². The number of fused-ring (bicyclic) bond motifs is 2. The quantitative estimate of drug-likeness (QED) is 0.523. The second-order valence-corrected chi connectivity index (χ2v) is 9.19. The molecule has 1 aromatic heterocycles. The van der Waals surface area contributed by atoms with Gasteiger partial charge in [-0.1, -0.05) is 12.1 Å². The minimum absolute atomic E-state index is 0.0762. The molecule has 5 rings (SSSR count). The summed E-state index contributed by atoms with van der Waals surface area (Å²) in [4.78, 5) is 28.8. The van der Waals surface area contributed by atoms with Crippen LogP contribution in [0.15, 0.2) is 65.3 Å². The van der Waals surface area contributed by atoms with E-state index >= 15 is 0 Å². The molecule has 0 unspecified atom stereocenters. The molecular weight excluding hydrogens is 469 g/mol. The standard InChI is InChI=1S/C24H19F3N2O4S/c1-32-17-7-8-19-18(13-17)23(29(9-11-34-23)21(30)20-6-3-10-33-20)22(31)28(19)14-15-4-2-5-16(12-15)24(25,26)27/h2-8,10,12-13H,9,11,14H2,1H3/t23-/m1/s1. The number of furan rings is 1. The third-order valence-electron chi connectivity index (χ3n) is 5.97. The maximum atomic E-state index is 14.0. The third-order valence-corrected chi connectivity index (χ3v) is 7.39. The maximum absolute atomic E-state index is 14.0. The van der Waals surface area contributed by atoms with E-state index in [-0.39, 0.29) is 12.3 Å². The molecule has 0 saturated carbocycles. The van der Waals surface area contributed by atoms with E-state index < -0.39 is 28.4 Å². The Morgan fingerprint density at radius 3 is 2.71 bits per heavy atom. The van der Waals surface area contributed by atoms with Gasteiger partial charge in [-0.2, -0.15) is 13.2 Å². The third kappa shape index (κ3) is 3.44. The number of halogens is 3. The molecule has 3 aromatic rings. The van der Waals surface area contributed by atoms with E-state index in [1.807, 2.05) is 0 Å². The first-order chi connectivity index (χ1) is 16.3. The highest BCUT2D eigenvalue weighted by molar-refractivity contribution is 8.01. The zero-order valence-corrected chi connectivity index (χ0v) is 18.8. The summed E-state index contributed by atoms with van der Waals surface area (Å²) in [7, 11) is 1.50. The molecule has 10 heteroatoms. The lowest BCUT2D eigenvalue weighted by molar-refractivity contribution is -0.137. The van der Waals surface area contributed by atoms with Crippen LogP contribution in [0.3, 0.4) is 0 Å². The number of ether oxygens (including phenoxy) is 1. The van der Waals surface area contributed by atoms with Gasteiger partial charge in [0.25, 0.3) is 11.8 Å². The van der Waals surface area contributed by atoms with Crippen molar-refractivity contribution in [3.8, 4) is 5.75 Å². The second kappa shape index (κ2) is 8.12. The van der Waals surface area contributed by atoms with Crippen molar-refractivity contribution in [2.45, 2.75) is 17.6 Å². The summed E-state index contributed by atoms with van der Waals surface area (Å²) in [5, 5.41) is 0. The Hall–Kier alpha value is -3.40. The van der Waals surface area contributed by atoms with Gasteiger partial charge in [-0.3, -0.25) is 9.59 Å². The Balaban J connectivity index is 1.59. The van der Waals surface area contributed by atoms with Crippen LogP contribution in [0.2, 0.25) is 0 Å². The second-order valence-electron chi connectivity index (χ2n) is 7.90. The number of nitrogens with zero attached hydrogens (tertiary/aromatic N) is 2. The summed E-state index contributed by atoms with van der Waals surface area (Å²) in [6.07, 6.45) is -3.11. The molecular formula is C24H19F3N2O4S. The molecule has 3 heterocycles. The van der Waals surface area contributed by atoms with Gasteiger partial charge in [0.2, 0.25) is 0 Å². The Morgan fingerprint density at radius 2 is 2.00 bits per heavy atom. The maximum Gasteiger partial charge on any atom is 0.416 e. The Morgan fingerprint density at radius 1 is 1.18 bits per heavy atom. The Bertz CT molecular complexity index is 1260. The first-order valence-electron chi connectivity index (χ1n) is 10.4. The van der Waals surface area contributed by atoms with Crippen LogP contribution >= 0.6 is 11.8 Å². The van der Waals surface area contributed by atoms with Gasteiger partial charge in [0.1, 0.15) is 5.75 Å². The lowest BCUT2D eigenvalue weighted by Gasteiger charge is -2.32. The van der Waals surface area contributed by atoms with Crippen molar-refractivity contribution in [1.29, 1.82) is 0 Å². The smallest absolute Gasteiger partial charge is 0.416 e. The van der Waals surface area contributed by atoms with Crippen LogP contribution in [0.4, 0.5) is 18.9 Å². The van der Waals surface area contributed by atoms with Gasteiger partial charge in [0.15, 0.2) is 10.6 Å². The van der Waals surface area contributed by atoms with E-state index in [9.17, 15) is 22.8 Å². The lowest BCUT2D eigenvalue weighted by Crippen LogP contribution is -2.50. The molecule has 2 aromatic carbocycles. The zero-order chi connectivity index (χ0) is 24.1. The first kappa shape index (κ1) is 22.4. The van der Waals surface area contributed by atoms with Crippen molar-refractivity contribution in [1.82, 2.24) is 4.90 Å². The number of benzene rings is 2. The molecule has 0 N–H and O–H groups in total. The molecule has 1 spiro atoms. The number of carbonyl (C=O) groups is 2. The summed E-state index contributed by atoms with van der Waals surface area (Å²) < 4.78 is 50.4. The molecule has 2 aliphatic rings. The van der Waals surface area contributed by atoms with E-state index in [1.54, 1.807) is 30.3 Å². The topological polar surface area (TPSA) is 63.0 Å². The number of methoxy groups -OCH3 is 1. The SMILES string of the molecule is COc1ccc2c(c1)[C@@]1(SCCN1C(=O)c1ccco1)C(=O)N2Cc1cccc(C(F)(F)F)c1. The highest BCUT2D eigenvalue weighted by Gasteiger charge is 2.60. The molecule has 34 heavy (non-hydrogen) atoms. The molecule has 2 aliphatic heterocycles. The largest absolute Gasteiger partial charge is 0.497 e. The minimum atomic E-state index is -4.49. The molecule has 1 fully saturated rings. The van der Waals surface area contributed by atoms with Crippen molar-refractivity contribution in [3.63, 3.8) is 0 Å². The van der Waals surface area contributed by atoms with Crippen LogP contribution in [0, 0.1) is 0 Å². The molecule has 0 radical (unpaired) electrons. The normalized spacial score (nSPS) is 19.7. The highest BCUT2D eigenvalue weighted by atomic mass is 32.2. The first-order valence-corrected chi connectivity index (χ1v) is 11.4. The van der Waals surface area contributed by atoms with Crippen LogP contribution < -0.4 is 9.64 Å². The van der Waals surface area contributed by atoms with E-state index in [2.05, 4.69) is 0 Å². The fourth-order valence-corrected chi connectivity index (χ4v) is 5.89. The van der Waals surface area contributed by atoms with E-state index in [1.165, 1.54) is 47.1 Å². The summed E-state index contributed by atoms with van der Waals surface area (Å²) in [5.74, 6) is 0.292. The number of alkyl halides is 3. The fourth-order valence-electron chi connectivity index (χ4n) is 4.44. The van der Waals surface area contributed by atoms with Crippen molar-refractivity contribution >= 4 is 29.3 Å². The molecule has 2 amide bonds. The fraction of sp³-hybridized carbons (Fsp3) is 0.250. The summed E-state index contributed by atoms with van der Waals surface area (Å²) >= 11 is 1.31. The van der Waals surface area contributed by atoms with Gasteiger partial charge >= 0.3 is 6.18 Å². The molecule has 1 atom stereocenters. The minimum Gasteiger partial charge on any atom is -0.497 e. The summed E-state index contributed by atoms with van der Waals surface area (Å²) in [6.45, 7) is 0.233. The number of anilines is 1. The predicted molar refractivity (Wildman–Crippen MR) is 120 cm³/mol. The zero-order valence-electron chi connectivity index (χ0n) is 18.0. The van der Waals surface area contributed by atoms with Gasteiger partial charge in [-0.25, -0.2) is 0 Å². The average molecular weight is 488 g/mol. The van der Waals surface area contributed by atoms with Crippen molar-refractivity contribution in [2.24, 2.45) is 0 Å². The lowest BCUT2D eigenvalue weighted by atomic mass is 10.0. The van der Waals surface area contributed by atoms with Gasteiger partial charge in [-0.05, 0) is 48.0 Å². The van der Waals surface area contributed by atoms with Crippen LogP contribution in [-0.2, 0) is 22.4 Å². The van der Waals surface area contributed by atoms with Gasteiger partial charge in [0, 0.05) is 17.9 Å². The molecule has 1 saturated heterocycles. The number of thioether (sulfide) groups is 1. The predicted octanol–water partition coefficient (Wildman–Crippen LogP) is 4.90. The molecule has 0 aliphatic carbocycles. The Labute approximate surface area is 197 Å². The van der Waals surface area contributed by atoms with Crippen LogP contribution in [0.5, 0.6) is 5.75 Å². The summed E-state index contributed by atoms with van der Waals surface area (Å²) in [5.41, 5.74) is 0.626. The highest BCUT2D eigenvalue weighted by Crippen LogP contribution is 2.55. The van der Waals surface area contributed by atoms with E-state index in [0.717, 1.165) is 12.1 Å². The number of rotatable bonds is 4. The van der Waals surface area contributed by atoms with Gasteiger partial charge in [-0.15, -0.1) is 11.8 Å². The van der Waals surface area contributed by atoms with Crippen LogP contribution in [-0.4, -0.2) is 36.1 Å². The van der Waals surface area contributed by atoms with Crippen molar-refractivity contribution in [2.75, 3.05) is 24.3 Å². The molecule has 6 nitrogen and oxygen atoms in total. The number of hydrogen-bond acceptors (Lipinski definition) is 5. The van der Waals surface area contributed by atoms with Crippen molar-refractivity contribution < 1.29 is 31.9 Å². The monoisotopic (exact) mass is 488 g/mol. The van der Waals surface area contributed by atoms with Gasteiger partial charge < -0.3 is 19.0 Å². The number of carbonyl (C=O) groups excluding carboxylic acids is 2. The molecule has 176 valence electrons. The van der Waals surface area contributed by atoms with Crippen LogP contribution in [0.1, 0.15) is 27.2 Å². The number of hydrogen-bond donors (Lipinski definition) is 0. The van der Waals surface area contributed by atoms with Crippen molar-refractivity contribution in [3.05, 3.63) is 83.3 Å². The molecule has 0 bridgehead atoms. The average Bonchev–Trinajstić information content (AvgIpc) is 3.56. The summed E-state index contributed by atoms with van der Waals surface area (Å²) in [6, 6.07) is 13.1.